The van der Waals surface area contributed by atoms with Crippen LogP contribution in [0.25, 0.3) is 10.2 Å². The molecule has 8 heteroatoms. The molecule has 1 amide bonds. The molecular weight excluding hydrogens is 417 g/mol. The molecule has 0 unspecified atom stereocenters. The van der Waals surface area contributed by atoms with E-state index in [-0.39, 0.29) is 18.3 Å². The van der Waals surface area contributed by atoms with Gasteiger partial charge in [0.2, 0.25) is 0 Å². The molecule has 6 nitrogen and oxygen atoms in total. The number of aromatic nitrogens is 1. The summed E-state index contributed by atoms with van der Waals surface area (Å²) in [6.45, 7) is 6.50. The molecule has 1 aliphatic heterocycles. The highest BCUT2D eigenvalue weighted by molar-refractivity contribution is 7.22. The van der Waals surface area contributed by atoms with Gasteiger partial charge in [-0.1, -0.05) is 29.5 Å². The Morgan fingerprint density at radius 3 is 2.87 bits per heavy atom. The summed E-state index contributed by atoms with van der Waals surface area (Å²) < 4.78 is 25.8. The number of carbonyl (C=O) groups is 1. The van der Waals surface area contributed by atoms with E-state index in [0.717, 1.165) is 55.0 Å². The Balaban J connectivity index is 1.47. The molecule has 31 heavy (non-hydrogen) atoms. The minimum absolute atomic E-state index is 0.0732. The van der Waals surface area contributed by atoms with E-state index in [2.05, 4.69) is 16.0 Å². The number of morpholine rings is 1. The van der Waals surface area contributed by atoms with Crippen LogP contribution >= 0.6 is 11.3 Å². The second-order valence-electron chi connectivity index (χ2n) is 7.54. The van der Waals surface area contributed by atoms with Crippen molar-refractivity contribution in [2.75, 3.05) is 50.9 Å². The number of aryl methyl sites for hydroxylation is 1. The number of para-hydroxylation sites is 1. The summed E-state index contributed by atoms with van der Waals surface area (Å²) in [5, 5.41) is 0.643. The molecule has 2 heterocycles. The lowest BCUT2D eigenvalue weighted by molar-refractivity contribution is -0.120. The predicted octanol–water partition coefficient (Wildman–Crippen LogP) is 3.88. The van der Waals surface area contributed by atoms with E-state index in [0.29, 0.717) is 11.7 Å². The number of rotatable bonds is 8. The van der Waals surface area contributed by atoms with Crippen LogP contribution in [0.15, 0.2) is 42.5 Å². The molecule has 164 valence electrons. The molecule has 0 aliphatic carbocycles. The van der Waals surface area contributed by atoms with Crippen LogP contribution in [-0.2, 0) is 9.53 Å². The molecule has 1 fully saturated rings. The lowest BCUT2D eigenvalue weighted by atomic mass is 10.2. The number of anilines is 1. The van der Waals surface area contributed by atoms with Crippen LogP contribution in [0, 0.1) is 12.7 Å². The Kier molecular flexibility index (Phi) is 7.11. The zero-order valence-corrected chi connectivity index (χ0v) is 18.4. The highest BCUT2D eigenvalue weighted by Gasteiger charge is 2.21. The van der Waals surface area contributed by atoms with Crippen LogP contribution < -0.4 is 9.64 Å². The second-order valence-corrected chi connectivity index (χ2v) is 8.55. The molecule has 0 bridgehead atoms. The fourth-order valence-corrected chi connectivity index (χ4v) is 4.63. The predicted molar refractivity (Wildman–Crippen MR) is 120 cm³/mol. The van der Waals surface area contributed by atoms with Gasteiger partial charge in [0.15, 0.2) is 23.3 Å². The highest BCUT2D eigenvalue weighted by Crippen LogP contribution is 2.30. The van der Waals surface area contributed by atoms with E-state index in [4.69, 9.17) is 9.47 Å². The van der Waals surface area contributed by atoms with E-state index in [9.17, 15) is 9.18 Å². The lowest BCUT2D eigenvalue weighted by Crippen LogP contribution is -2.40. The summed E-state index contributed by atoms with van der Waals surface area (Å²) in [5.41, 5.74) is 2.02. The van der Waals surface area contributed by atoms with Gasteiger partial charge < -0.3 is 9.47 Å². The van der Waals surface area contributed by atoms with E-state index >= 15 is 0 Å². The number of hydrogen-bond donors (Lipinski definition) is 0. The average molecular weight is 444 g/mol. The number of benzene rings is 2. The number of ether oxygens (including phenoxy) is 2. The Morgan fingerprint density at radius 1 is 1.26 bits per heavy atom. The second kappa shape index (κ2) is 10.2. The molecule has 1 aromatic heterocycles. The standard InChI is InChI=1S/C23H26FN3O3S/c1-17-7-8-19-21(15-17)31-23(25-19)27(10-4-9-26-11-13-29-14-12-26)22(28)16-30-20-6-3-2-5-18(20)24/h2-3,5-8,15H,4,9-14,16H2,1H3. The quantitative estimate of drug-likeness (QED) is 0.529. The Labute approximate surface area is 185 Å². The van der Waals surface area contributed by atoms with Gasteiger partial charge in [0.1, 0.15) is 0 Å². The van der Waals surface area contributed by atoms with Crippen molar-refractivity contribution in [2.45, 2.75) is 13.3 Å². The maximum absolute atomic E-state index is 13.9. The maximum Gasteiger partial charge on any atom is 0.266 e. The van der Waals surface area contributed by atoms with Crippen LogP contribution in [0.1, 0.15) is 12.0 Å². The van der Waals surface area contributed by atoms with Crippen LogP contribution in [0.5, 0.6) is 5.75 Å². The van der Waals surface area contributed by atoms with Crippen molar-refractivity contribution in [1.82, 2.24) is 9.88 Å². The Morgan fingerprint density at radius 2 is 2.06 bits per heavy atom. The number of thiazole rings is 1. The molecule has 0 saturated carbocycles. The largest absolute Gasteiger partial charge is 0.481 e. The molecule has 0 atom stereocenters. The molecule has 0 N–H and O–H groups in total. The van der Waals surface area contributed by atoms with Crippen LogP contribution in [0.3, 0.4) is 0 Å². The van der Waals surface area contributed by atoms with Crippen molar-refractivity contribution in [3.63, 3.8) is 0 Å². The zero-order valence-electron chi connectivity index (χ0n) is 17.6. The smallest absolute Gasteiger partial charge is 0.266 e. The van der Waals surface area contributed by atoms with Gasteiger partial charge in [-0.15, -0.1) is 0 Å². The van der Waals surface area contributed by atoms with Crippen LogP contribution in [0.4, 0.5) is 9.52 Å². The van der Waals surface area contributed by atoms with Crippen molar-refractivity contribution < 1.29 is 18.7 Å². The number of hydrogen-bond acceptors (Lipinski definition) is 6. The molecule has 3 aromatic rings. The summed E-state index contributed by atoms with van der Waals surface area (Å²) in [6, 6.07) is 12.2. The van der Waals surface area contributed by atoms with Gasteiger partial charge in [0, 0.05) is 26.2 Å². The van der Waals surface area contributed by atoms with Gasteiger partial charge in [-0.3, -0.25) is 14.6 Å². The minimum Gasteiger partial charge on any atom is -0.481 e. The minimum atomic E-state index is -0.482. The zero-order chi connectivity index (χ0) is 21.6. The average Bonchev–Trinajstić information content (AvgIpc) is 3.19. The van der Waals surface area contributed by atoms with E-state index < -0.39 is 5.82 Å². The fraction of sp³-hybridized carbons (Fsp3) is 0.391. The first kappa shape index (κ1) is 21.7. The monoisotopic (exact) mass is 443 g/mol. The van der Waals surface area contributed by atoms with Crippen molar-refractivity contribution in [3.05, 3.63) is 53.8 Å². The van der Waals surface area contributed by atoms with Crippen molar-refractivity contribution in [2.24, 2.45) is 0 Å². The van der Waals surface area contributed by atoms with Gasteiger partial charge in [-0.25, -0.2) is 9.37 Å². The van der Waals surface area contributed by atoms with Gasteiger partial charge >= 0.3 is 0 Å². The van der Waals surface area contributed by atoms with Gasteiger partial charge in [-0.05, 0) is 43.2 Å². The van der Waals surface area contributed by atoms with E-state index in [1.54, 1.807) is 17.0 Å². The van der Waals surface area contributed by atoms with E-state index in [1.807, 2.05) is 19.1 Å². The van der Waals surface area contributed by atoms with Crippen molar-refractivity contribution in [1.29, 1.82) is 0 Å². The first-order chi connectivity index (χ1) is 15.1. The third-order valence-corrected chi connectivity index (χ3v) is 6.25. The van der Waals surface area contributed by atoms with Crippen molar-refractivity contribution in [3.8, 4) is 5.75 Å². The topological polar surface area (TPSA) is 54.9 Å². The normalized spacial score (nSPS) is 14.6. The Hall–Kier alpha value is -2.55. The number of halogens is 1. The molecule has 0 radical (unpaired) electrons. The molecular formula is C23H26FN3O3S. The van der Waals surface area contributed by atoms with Crippen molar-refractivity contribution >= 4 is 32.6 Å². The molecule has 4 rings (SSSR count). The Bertz CT molecular complexity index is 1040. The highest BCUT2D eigenvalue weighted by atomic mass is 32.1. The third kappa shape index (κ3) is 5.58. The number of amides is 1. The summed E-state index contributed by atoms with van der Waals surface area (Å²) >= 11 is 1.49. The van der Waals surface area contributed by atoms with Gasteiger partial charge in [0.05, 0.1) is 23.4 Å². The van der Waals surface area contributed by atoms with Gasteiger partial charge in [-0.2, -0.15) is 0 Å². The fourth-order valence-electron chi connectivity index (χ4n) is 3.52. The summed E-state index contributed by atoms with van der Waals surface area (Å²) in [5.74, 6) is -0.644. The molecule has 2 aromatic carbocycles. The molecule has 0 spiro atoms. The molecule has 1 aliphatic rings. The van der Waals surface area contributed by atoms with E-state index in [1.165, 1.54) is 23.5 Å². The SMILES string of the molecule is Cc1ccc2nc(N(CCCN3CCOCC3)C(=O)COc3ccccc3F)sc2c1. The first-order valence-electron chi connectivity index (χ1n) is 10.4. The lowest BCUT2D eigenvalue weighted by Gasteiger charge is -2.27. The summed E-state index contributed by atoms with van der Waals surface area (Å²) in [7, 11) is 0. The number of carbonyl (C=O) groups excluding carboxylic acids is 1. The number of fused-ring (bicyclic) bond motifs is 1. The summed E-state index contributed by atoms with van der Waals surface area (Å²) in [6.07, 6.45) is 0.806. The number of nitrogens with zero attached hydrogens (tertiary/aromatic N) is 3. The van der Waals surface area contributed by atoms with Crippen LogP contribution in [-0.4, -0.2) is 61.8 Å². The first-order valence-corrected chi connectivity index (χ1v) is 11.3. The van der Waals surface area contributed by atoms with Gasteiger partial charge in [0.25, 0.3) is 5.91 Å². The summed E-state index contributed by atoms with van der Waals surface area (Å²) in [4.78, 5) is 21.7. The maximum atomic E-state index is 13.9. The third-order valence-electron chi connectivity index (χ3n) is 5.21. The molecule has 1 saturated heterocycles. The van der Waals surface area contributed by atoms with Crippen LogP contribution in [0.2, 0.25) is 0 Å².